The van der Waals surface area contributed by atoms with E-state index in [2.05, 4.69) is 10.2 Å². The van der Waals surface area contributed by atoms with Gasteiger partial charge in [-0.2, -0.15) is 0 Å². The summed E-state index contributed by atoms with van der Waals surface area (Å²) in [5.41, 5.74) is 5.52. The van der Waals surface area contributed by atoms with Gasteiger partial charge in [-0.25, -0.2) is 0 Å². The Balaban J connectivity index is 1.83. The molecule has 1 heterocycles. The number of primary amides is 1. The quantitative estimate of drug-likeness (QED) is 0.499. The maximum atomic E-state index is 12.3. The van der Waals surface area contributed by atoms with Gasteiger partial charge in [0, 0.05) is 32.0 Å². The van der Waals surface area contributed by atoms with Crippen LogP contribution in [-0.4, -0.2) is 48.4 Å². The second kappa shape index (κ2) is 9.86. The number of likely N-dealkylation sites (tertiary alicyclic amines) is 1. The number of ether oxygens (including phenoxy) is 1. The number of nitrogens with one attached hydrogen (secondary N) is 1. The number of anilines is 1. The van der Waals surface area contributed by atoms with Gasteiger partial charge in [-0.1, -0.05) is 0 Å². The van der Waals surface area contributed by atoms with Crippen LogP contribution in [0.25, 0.3) is 0 Å². The molecule has 0 aliphatic carbocycles. The number of benzene rings is 1. The summed E-state index contributed by atoms with van der Waals surface area (Å²) in [6.45, 7) is 2.41. The van der Waals surface area contributed by atoms with Crippen LogP contribution in [0.3, 0.4) is 0 Å². The third-order valence-corrected chi connectivity index (χ3v) is 4.73. The second-order valence-corrected chi connectivity index (χ2v) is 6.75. The van der Waals surface area contributed by atoms with Crippen LogP contribution in [0.1, 0.15) is 32.1 Å². The molecule has 1 fully saturated rings. The zero-order chi connectivity index (χ0) is 19.8. The van der Waals surface area contributed by atoms with Crippen LogP contribution in [0, 0.1) is 16.0 Å². The standard InChI is InChI=1S/C18H26N4O5/c1-27-16-11-14(22(25)26)5-6-15(16)20-18(24)8-10-21-9-2-3-13(12-21)4-7-17(19)23/h5-6,11,13H,2-4,7-10,12H2,1H3,(H2,19,23)(H,20,24). The highest BCUT2D eigenvalue weighted by Gasteiger charge is 2.21. The lowest BCUT2D eigenvalue weighted by molar-refractivity contribution is -0.384. The van der Waals surface area contributed by atoms with Gasteiger partial charge in [0.1, 0.15) is 5.75 Å². The molecule has 2 rings (SSSR count). The summed E-state index contributed by atoms with van der Waals surface area (Å²) < 4.78 is 5.12. The van der Waals surface area contributed by atoms with E-state index in [1.165, 1.54) is 25.3 Å². The van der Waals surface area contributed by atoms with E-state index in [0.29, 0.717) is 31.0 Å². The Hall–Kier alpha value is -2.68. The van der Waals surface area contributed by atoms with E-state index in [4.69, 9.17) is 10.5 Å². The molecular weight excluding hydrogens is 352 g/mol. The number of methoxy groups -OCH3 is 1. The number of carbonyl (C=O) groups is 2. The first kappa shape index (κ1) is 20.6. The molecule has 1 aliphatic rings. The number of amides is 2. The van der Waals surface area contributed by atoms with Gasteiger partial charge in [0.15, 0.2) is 0 Å². The summed E-state index contributed by atoms with van der Waals surface area (Å²) in [6.07, 6.45) is 3.62. The van der Waals surface area contributed by atoms with E-state index in [0.717, 1.165) is 32.4 Å². The molecular formula is C18H26N4O5. The number of carbonyl (C=O) groups excluding carboxylic acids is 2. The molecule has 1 aromatic carbocycles. The summed E-state index contributed by atoms with van der Waals surface area (Å²) in [7, 11) is 1.40. The summed E-state index contributed by atoms with van der Waals surface area (Å²) >= 11 is 0. The van der Waals surface area contributed by atoms with Crippen LogP contribution in [-0.2, 0) is 9.59 Å². The number of rotatable bonds is 9. The molecule has 1 aromatic rings. The summed E-state index contributed by atoms with van der Waals surface area (Å²) in [5, 5.41) is 13.6. The number of nitrogens with two attached hydrogens (primary N) is 1. The molecule has 9 nitrogen and oxygen atoms in total. The van der Waals surface area contributed by atoms with Crippen molar-refractivity contribution < 1.29 is 19.2 Å². The lowest BCUT2D eigenvalue weighted by atomic mass is 9.93. The molecule has 0 aromatic heterocycles. The van der Waals surface area contributed by atoms with Crippen LogP contribution in [0.5, 0.6) is 5.75 Å². The average Bonchev–Trinajstić information content (AvgIpc) is 2.65. The second-order valence-electron chi connectivity index (χ2n) is 6.75. The number of hydrogen-bond donors (Lipinski definition) is 2. The van der Waals surface area contributed by atoms with Crippen LogP contribution in [0.15, 0.2) is 18.2 Å². The topological polar surface area (TPSA) is 128 Å². The lowest BCUT2D eigenvalue weighted by Gasteiger charge is -2.32. The van der Waals surface area contributed by atoms with E-state index < -0.39 is 4.92 Å². The third kappa shape index (κ3) is 6.52. The van der Waals surface area contributed by atoms with E-state index in [9.17, 15) is 19.7 Å². The summed E-state index contributed by atoms with van der Waals surface area (Å²) in [6, 6.07) is 4.07. The number of non-ortho nitro benzene ring substituents is 1. The molecule has 148 valence electrons. The molecule has 1 saturated heterocycles. The Kier molecular flexibility index (Phi) is 7.54. The Bertz CT molecular complexity index is 694. The minimum absolute atomic E-state index is 0.0971. The van der Waals surface area contributed by atoms with Crippen LogP contribution >= 0.6 is 0 Å². The van der Waals surface area contributed by atoms with Crippen molar-refractivity contribution in [3.63, 3.8) is 0 Å². The van der Waals surface area contributed by atoms with Crippen molar-refractivity contribution in [1.29, 1.82) is 0 Å². The number of nitrogens with zero attached hydrogens (tertiary/aromatic N) is 2. The molecule has 1 unspecified atom stereocenters. The predicted molar refractivity (Wildman–Crippen MR) is 100 cm³/mol. The van der Waals surface area contributed by atoms with Gasteiger partial charge >= 0.3 is 0 Å². The minimum Gasteiger partial charge on any atom is -0.494 e. The van der Waals surface area contributed by atoms with E-state index >= 15 is 0 Å². The van der Waals surface area contributed by atoms with Gasteiger partial charge in [0.05, 0.1) is 23.8 Å². The lowest BCUT2D eigenvalue weighted by Crippen LogP contribution is -2.37. The predicted octanol–water partition coefficient (Wildman–Crippen LogP) is 1.91. The van der Waals surface area contributed by atoms with Gasteiger partial charge in [-0.05, 0) is 37.8 Å². The smallest absolute Gasteiger partial charge is 0.273 e. The summed E-state index contributed by atoms with van der Waals surface area (Å²) in [4.78, 5) is 35.7. The number of hydrogen-bond acceptors (Lipinski definition) is 6. The van der Waals surface area contributed by atoms with Crippen LogP contribution in [0.2, 0.25) is 0 Å². The Morgan fingerprint density at radius 3 is 2.85 bits per heavy atom. The Morgan fingerprint density at radius 1 is 1.41 bits per heavy atom. The highest BCUT2D eigenvalue weighted by Crippen LogP contribution is 2.29. The number of piperidine rings is 1. The minimum atomic E-state index is -0.515. The van der Waals surface area contributed by atoms with E-state index in [1.54, 1.807) is 0 Å². The Morgan fingerprint density at radius 2 is 2.19 bits per heavy atom. The first-order valence-electron chi connectivity index (χ1n) is 9.02. The van der Waals surface area contributed by atoms with Crippen molar-refractivity contribution >= 4 is 23.2 Å². The van der Waals surface area contributed by atoms with Gasteiger partial charge in [-0.3, -0.25) is 19.7 Å². The molecule has 0 radical (unpaired) electrons. The molecule has 3 N–H and O–H groups in total. The van der Waals surface area contributed by atoms with Crippen molar-refractivity contribution in [1.82, 2.24) is 4.90 Å². The molecule has 0 spiro atoms. The van der Waals surface area contributed by atoms with Gasteiger partial charge < -0.3 is 20.7 Å². The third-order valence-electron chi connectivity index (χ3n) is 4.73. The van der Waals surface area contributed by atoms with Crippen LogP contribution < -0.4 is 15.8 Å². The number of nitro benzene ring substituents is 1. The first-order valence-corrected chi connectivity index (χ1v) is 9.02. The zero-order valence-electron chi connectivity index (χ0n) is 15.5. The van der Waals surface area contributed by atoms with Gasteiger partial charge in [0.25, 0.3) is 5.69 Å². The largest absolute Gasteiger partial charge is 0.494 e. The molecule has 0 bridgehead atoms. The van der Waals surface area contributed by atoms with E-state index in [1.807, 2.05) is 0 Å². The fourth-order valence-corrected chi connectivity index (χ4v) is 3.31. The maximum Gasteiger partial charge on any atom is 0.273 e. The highest BCUT2D eigenvalue weighted by atomic mass is 16.6. The fourth-order valence-electron chi connectivity index (χ4n) is 3.31. The molecule has 0 saturated carbocycles. The SMILES string of the molecule is COc1cc([N+](=O)[O-])ccc1NC(=O)CCN1CCCC(CCC(N)=O)C1. The first-order chi connectivity index (χ1) is 12.9. The van der Waals surface area contributed by atoms with Crippen molar-refractivity contribution in [2.24, 2.45) is 11.7 Å². The Labute approximate surface area is 158 Å². The maximum absolute atomic E-state index is 12.3. The zero-order valence-corrected chi connectivity index (χ0v) is 15.5. The van der Waals surface area contributed by atoms with E-state index in [-0.39, 0.29) is 23.3 Å². The van der Waals surface area contributed by atoms with Crippen molar-refractivity contribution in [3.8, 4) is 5.75 Å². The molecule has 27 heavy (non-hydrogen) atoms. The van der Waals surface area contributed by atoms with Crippen molar-refractivity contribution in [2.45, 2.75) is 32.1 Å². The van der Waals surface area contributed by atoms with Crippen molar-refractivity contribution in [2.75, 3.05) is 32.1 Å². The fraction of sp³-hybridized carbons (Fsp3) is 0.556. The number of nitro groups is 1. The molecule has 1 atom stereocenters. The van der Waals surface area contributed by atoms with Crippen LogP contribution in [0.4, 0.5) is 11.4 Å². The van der Waals surface area contributed by atoms with Crippen molar-refractivity contribution in [3.05, 3.63) is 28.3 Å². The normalized spacial score (nSPS) is 17.3. The summed E-state index contributed by atoms with van der Waals surface area (Å²) in [5.74, 6) is 0.232. The highest BCUT2D eigenvalue weighted by molar-refractivity contribution is 5.92. The average molecular weight is 378 g/mol. The molecule has 2 amide bonds. The van der Waals surface area contributed by atoms with Gasteiger partial charge in [0.2, 0.25) is 11.8 Å². The monoisotopic (exact) mass is 378 g/mol. The molecule has 1 aliphatic heterocycles. The van der Waals surface area contributed by atoms with Gasteiger partial charge in [-0.15, -0.1) is 0 Å². The molecule has 9 heteroatoms.